The minimum absolute atomic E-state index is 0.0828. The van der Waals surface area contributed by atoms with Crippen LogP contribution in [0.25, 0.3) is 0 Å². The van der Waals surface area contributed by atoms with Crippen molar-refractivity contribution in [1.82, 2.24) is 5.32 Å². The van der Waals surface area contributed by atoms with E-state index >= 15 is 0 Å². The molecule has 3 aliphatic rings. The Labute approximate surface area is 110 Å². The van der Waals surface area contributed by atoms with Crippen LogP contribution in [0.2, 0.25) is 0 Å². The Morgan fingerprint density at radius 3 is 2.89 bits per heavy atom. The Morgan fingerprint density at radius 2 is 2.06 bits per heavy atom. The standard InChI is InChI=1S/C15H25NO2/c1-18-15(17)6-3-7-16-14-9-10-8-13(14)12-5-2-4-11(10)12/h10-14,16H,2-9H2,1H3. The number of hydrogen-bond donors (Lipinski definition) is 1. The molecule has 0 spiro atoms. The van der Waals surface area contributed by atoms with Gasteiger partial charge in [0.25, 0.3) is 0 Å². The SMILES string of the molecule is COC(=O)CCCNC1CC2CC1C1CCCC21. The first-order chi connectivity index (χ1) is 8.79. The molecule has 3 nitrogen and oxygen atoms in total. The molecule has 5 atom stereocenters. The first kappa shape index (κ1) is 12.5. The van der Waals surface area contributed by atoms with Crippen LogP contribution in [0.3, 0.4) is 0 Å². The molecule has 1 N–H and O–H groups in total. The number of esters is 1. The molecule has 3 heteroatoms. The molecule has 5 unspecified atom stereocenters. The van der Waals surface area contributed by atoms with Gasteiger partial charge in [-0.3, -0.25) is 4.79 Å². The fourth-order valence-corrected chi connectivity index (χ4v) is 4.93. The number of methoxy groups -OCH3 is 1. The molecule has 3 rings (SSSR count). The fraction of sp³-hybridized carbons (Fsp3) is 0.933. The van der Waals surface area contributed by atoms with Gasteiger partial charge in [-0.2, -0.15) is 0 Å². The average Bonchev–Trinajstić information content (AvgIpc) is 3.05. The quantitative estimate of drug-likeness (QED) is 0.602. The van der Waals surface area contributed by atoms with E-state index in [-0.39, 0.29) is 5.97 Å². The molecule has 0 aromatic heterocycles. The van der Waals surface area contributed by atoms with Gasteiger partial charge in [0.1, 0.15) is 0 Å². The highest BCUT2D eigenvalue weighted by Gasteiger charge is 2.53. The molecule has 3 aliphatic carbocycles. The summed E-state index contributed by atoms with van der Waals surface area (Å²) in [5.74, 6) is 3.98. The maximum Gasteiger partial charge on any atom is 0.305 e. The summed E-state index contributed by atoms with van der Waals surface area (Å²) < 4.78 is 4.66. The summed E-state index contributed by atoms with van der Waals surface area (Å²) in [7, 11) is 1.46. The Hall–Kier alpha value is -0.570. The van der Waals surface area contributed by atoms with E-state index in [9.17, 15) is 4.79 Å². The summed E-state index contributed by atoms with van der Waals surface area (Å²) in [5, 5.41) is 3.70. The van der Waals surface area contributed by atoms with Crippen molar-refractivity contribution in [2.45, 2.75) is 51.0 Å². The minimum atomic E-state index is -0.0828. The molecule has 3 saturated carbocycles. The lowest BCUT2D eigenvalue weighted by Gasteiger charge is -2.32. The monoisotopic (exact) mass is 251 g/mol. The number of fused-ring (bicyclic) bond motifs is 5. The smallest absolute Gasteiger partial charge is 0.305 e. The summed E-state index contributed by atoms with van der Waals surface area (Å²) in [6.45, 7) is 0.973. The molecule has 0 heterocycles. The third-order valence-corrected chi connectivity index (χ3v) is 5.62. The first-order valence-electron chi connectivity index (χ1n) is 7.60. The van der Waals surface area contributed by atoms with Crippen molar-refractivity contribution in [1.29, 1.82) is 0 Å². The zero-order valence-corrected chi connectivity index (χ0v) is 11.4. The van der Waals surface area contributed by atoms with Crippen LogP contribution >= 0.6 is 0 Å². The van der Waals surface area contributed by atoms with Gasteiger partial charge in [-0.05, 0) is 62.3 Å². The number of nitrogens with one attached hydrogen (secondary N) is 1. The summed E-state index contributed by atoms with van der Waals surface area (Å²) in [4.78, 5) is 11.0. The van der Waals surface area contributed by atoms with Crippen molar-refractivity contribution in [3.05, 3.63) is 0 Å². The van der Waals surface area contributed by atoms with Crippen LogP contribution in [0, 0.1) is 23.7 Å². The lowest BCUT2D eigenvalue weighted by Crippen LogP contribution is -2.39. The molecule has 102 valence electrons. The Kier molecular flexibility index (Phi) is 3.60. The molecule has 0 aromatic carbocycles. The third-order valence-electron chi connectivity index (χ3n) is 5.62. The van der Waals surface area contributed by atoms with Crippen LogP contribution in [0.1, 0.15) is 44.9 Å². The van der Waals surface area contributed by atoms with Gasteiger partial charge >= 0.3 is 5.97 Å². The van der Waals surface area contributed by atoms with E-state index in [0.29, 0.717) is 6.42 Å². The molecule has 3 fully saturated rings. The lowest BCUT2D eigenvalue weighted by atomic mass is 9.79. The molecule has 0 saturated heterocycles. The van der Waals surface area contributed by atoms with Crippen LogP contribution in [0.5, 0.6) is 0 Å². The van der Waals surface area contributed by atoms with Crippen molar-refractivity contribution in [3.8, 4) is 0 Å². The van der Waals surface area contributed by atoms with Gasteiger partial charge in [-0.15, -0.1) is 0 Å². The van der Waals surface area contributed by atoms with E-state index < -0.39 is 0 Å². The summed E-state index contributed by atoms with van der Waals surface area (Å²) in [6, 6.07) is 0.743. The molecular weight excluding hydrogens is 226 g/mol. The molecular formula is C15H25NO2. The lowest BCUT2D eigenvalue weighted by molar-refractivity contribution is -0.140. The number of rotatable bonds is 5. The molecule has 0 amide bonds. The minimum Gasteiger partial charge on any atom is -0.469 e. The van der Waals surface area contributed by atoms with Crippen LogP contribution < -0.4 is 5.32 Å². The van der Waals surface area contributed by atoms with Crippen molar-refractivity contribution in [2.75, 3.05) is 13.7 Å². The van der Waals surface area contributed by atoms with Gasteiger partial charge < -0.3 is 10.1 Å². The van der Waals surface area contributed by atoms with E-state index in [4.69, 9.17) is 0 Å². The van der Waals surface area contributed by atoms with Crippen LogP contribution in [-0.2, 0) is 9.53 Å². The second-order valence-electron chi connectivity index (χ2n) is 6.39. The van der Waals surface area contributed by atoms with Crippen molar-refractivity contribution < 1.29 is 9.53 Å². The highest BCUT2D eigenvalue weighted by molar-refractivity contribution is 5.69. The zero-order chi connectivity index (χ0) is 12.5. The van der Waals surface area contributed by atoms with Gasteiger partial charge in [-0.1, -0.05) is 6.42 Å². The van der Waals surface area contributed by atoms with Gasteiger partial charge in [0, 0.05) is 12.5 Å². The highest BCUT2D eigenvalue weighted by Crippen LogP contribution is 2.58. The van der Waals surface area contributed by atoms with Crippen LogP contribution in [0.4, 0.5) is 0 Å². The maximum absolute atomic E-state index is 11.0. The second-order valence-corrected chi connectivity index (χ2v) is 6.39. The summed E-state index contributed by atoms with van der Waals surface area (Å²) >= 11 is 0. The van der Waals surface area contributed by atoms with Gasteiger partial charge in [-0.25, -0.2) is 0 Å². The Bertz CT molecular complexity index is 318. The van der Waals surface area contributed by atoms with Gasteiger partial charge in [0.2, 0.25) is 0 Å². The molecule has 0 aliphatic heterocycles. The third kappa shape index (κ3) is 2.18. The fourth-order valence-electron chi connectivity index (χ4n) is 4.93. The largest absolute Gasteiger partial charge is 0.469 e. The van der Waals surface area contributed by atoms with Gasteiger partial charge in [0.15, 0.2) is 0 Å². The van der Waals surface area contributed by atoms with Crippen LogP contribution in [0.15, 0.2) is 0 Å². The Morgan fingerprint density at radius 1 is 1.22 bits per heavy atom. The summed E-state index contributed by atoms with van der Waals surface area (Å²) in [5.41, 5.74) is 0. The van der Waals surface area contributed by atoms with E-state index in [0.717, 1.165) is 42.7 Å². The van der Waals surface area contributed by atoms with Crippen molar-refractivity contribution in [2.24, 2.45) is 23.7 Å². The zero-order valence-electron chi connectivity index (χ0n) is 11.4. The highest BCUT2D eigenvalue weighted by atomic mass is 16.5. The summed E-state index contributed by atoms with van der Waals surface area (Å²) in [6.07, 6.45) is 8.78. The van der Waals surface area contributed by atoms with E-state index in [1.165, 1.54) is 39.2 Å². The van der Waals surface area contributed by atoms with Crippen molar-refractivity contribution >= 4 is 5.97 Å². The number of carbonyl (C=O) groups is 1. The van der Waals surface area contributed by atoms with E-state index in [1.807, 2.05) is 0 Å². The number of carbonyl (C=O) groups excluding carboxylic acids is 1. The maximum atomic E-state index is 11.0. The van der Waals surface area contributed by atoms with E-state index in [2.05, 4.69) is 10.1 Å². The predicted molar refractivity (Wildman–Crippen MR) is 70.1 cm³/mol. The molecule has 0 aromatic rings. The molecule has 2 bridgehead atoms. The normalized spacial score (nSPS) is 41.1. The van der Waals surface area contributed by atoms with Gasteiger partial charge in [0.05, 0.1) is 7.11 Å². The van der Waals surface area contributed by atoms with Crippen LogP contribution in [-0.4, -0.2) is 25.7 Å². The topological polar surface area (TPSA) is 38.3 Å². The van der Waals surface area contributed by atoms with E-state index in [1.54, 1.807) is 0 Å². The second kappa shape index (κ2) is 5.20. The number of hydrogen-bond acceptors (Lipinski definition) is 3. The molecule has 0 radical (unpaired) electrons. The van der Waals surface area contributed by atoms with Crippen molar-refractivity contribution in [3.63, 3.8) is 0 Å². The molecule has 18 heavy (non-hydrogen) atoms. The average molecular weight is 251 g/mol. The first-order valence-corrected chi connectivity index (χ1v) is 7.60. The number of ether oxygens (including phenoxy) is 1. The Balaban J connectivity index is 1.41. The predicted octanol–water partition coefficient (Wildman–Crippen LogP) is 2.35.